The van der Waals surface area contributed by atoms with Crippen LogP contribution in [-0.2, 0) is 14.5 Å². The van der Waals surface area contributed by atoms with E-state index in [0.717, 1.165) is 42.3 Å². The van der Waals surface area contributed by atoms with Crippen molar-refractivity contribution in [1.82, 2.24) is 14.8 Å². The van der Waals surface area contributed by atoms with Gasteiger partial charge >= 0.3 is 0 Å². The Morgan fingerprint density at radius 1 is 1.13 bits per heavy atom. The van der Waals surface area contributed by atoms with Crippen LogP contribution >= 0.6 is 0 Å². The van der Waals surface area contributed by atoms with E-state index in [4.69, 9.17) is 0 Å². The molecule has 1 amide bonds. The van der Waals surface area contributed by atoms with Gasteiger partial charge in [0.2, 0.25) is 0 Å². The number of nitrogens with zero attached hydrogens (tertiary/aromatic N) is 4. The molecule has 0 aliphatic heterocycles. The average molecular weight is 423 g/mol. The highest BCUT2D eigenvalue weighted by Gasteiger charge is 2.32. The van der Waals surface area contributed by atoms with Crippen molar-refractivity contribution >= 4 is 26.5 Å². The average Bonchev–Trinajstić information content (AvgIpc) is 3.53. The predicted octanol–water partition coefficient (Wildman–Crippen LogP) is 4.76. The molecule has 2 aliphatic carbocycles. The van der Waals surface area contributed by atoms with Gasteiger partial charge in [-0.1, -0.05) is 19.3 Å². The molecule has 2 saturated carbocycles. The molecule has 0 saturated heterocycles. The zero-order valence-electron chi connectivity index (χ0n) is 16.9. The summed E-state index contributed by atoms with van der Waals surface area (Å²) in [5.41, 5.74) is 1.68. The van der Waals surface area contributed by atoms with Gasteiger partial charge in [0.05, 0.1) is 27.1 Å². The Balaban J connectivity index is 1.54. The van der Waals surface area contributed by atoms with Crippen LogP contribution in [0.5, 0.6) is 0 Å². The number of carbonyl (C=O) groups is 1. The molecule has 1 unspecified atom stereocenters. The summed E-state index contributed by atoms with van der Waals surface area (Å²) in [4.78, 5) is 17.3. The molecule has 0 N–H and O–H groups in total. The fourth-order valence-corrected chi connectivity index (χ4v) is 6.61. The minimum atomic E-state index is -2.79. The van der Waals surface area contributed by atoms with Gasteiger partial charge in [-0.25, -0.2) is 8.89 Å². The number of benzene rings is 1. The molecule has 0 bridgehead atoms. The van der Waals surface area contributed by atoms with Gasteiger partial charge in [0.25, 0.3) is 5.91 Å². The fraction of sp³-hybridized carbons (Fsp3) is 0.435. The second-order valence-corrected chi connectivity index (χ2v) is 10.8. The van der Waals surface area contributed by atoms with Crippen molar-refractivity contribution in [3.05, 3.63) is 48.9 Å². The lowest BCUT2D eigenvalue weighted by Gasteiger charge is -2.23. The molecule has 3 aromatic rings. The maximum absolute atomic E-state index is 14.1. The van der Waals surface area contributed by atoms with Crippen molar-refractivity contribution in [1.29, 1.82) is 0 Å². The summed E-state index contributed by atoms with van der Waals surface area (Å²) in [7, 11) is -2.79. The number of rotatable bonds is 5. The number of fused-ring (bicyclic) bond motifs is 1. The first-order valence-corrected chi connectivity index (χ1v) is 12.5. The lowest BCUT2D eigenvalue weighted by atomic mass is 9.91. The monoisotopic (exact) mass is 422 g/mol. The molecule has 5 rings (SSSR count). The first kappa shape index (κ1) is 19.4. The highest BCUT2D eigenvalue weighted by atomic mass is 32.2. The third kappa shape index (κ3) is 4.03. The summed E-state index contributed by atoms with van der Waals surface area (Å²) in [6.45, 7) is 0. The molecule has 0 radical (unpaired) electrons. The molecule has 0 spiro atoms. The minimum Gasteiger partial charge on any atom is -0.272 e. The molecule has 30 heavy (non-hydrogen) atoms. The van der Waals surface area contributed by atoms with Crippen LogP contribution in [0.2, 0.25) is 0 Å². The van der Waals surface area contributed by atoms with E-state index in [0.29, 0.717) is 16.6 Å². The largest absolute Gasteiger partial charge is 0.272 e. The Kier molecular flexibility index (Phi) is 5.15. The van der Waals surface area contributed by atoms with Gasteiger partial charge in [0, 0.05) is 34.3 Å². The van der Waals surface area contributed by atoms with E-state index in [-0.39, 0.29) is 11.8 Å². The summed E-state index contributed by atoms with van der Waals surface area (Å²) in [6.07, 6.45) is 12.9. The normalized spacial score (nSPS) is 19.5. The Labute approximate surface area is 176 Å². The third-order valence-corrected chi connectivity index (χ3v) is 8.49. The van der Waals surface area contributed by atoms with Crippen molar-refractivity contribution < 1.29 is 9.00 Å². The lowest BCUT2D eigenvalue weighted by Crippen LogP contribution is -2.20. The molecular formula is C23H26N4O2S. The minimum absolute atomic E-state index is 0.0192. The topological polar surface area (TPSA) is 77.2 Å². The predicted molar refractivity (Wildman–Crippen MR) is 117 cm³/mol. The van der Waals surface area contributed by atoms with Crippen LogP contribution in [0.4, 0.5) is 0 Å². The van der Waals surface area contributed by atoms with Crippen molar-refractivity contribution in [2.24, 2.45) is 16.2 Å². The van der Waals surface area contributed by atoms with E-state index in [2.05, 4.69) is 14.4 Å². The summed E-state index contributed by atoms with van der Waals surface area (Å²) >= 11 is 0. The van der Waals surface area contributed by atoms with Crippen molar-refractivity contribution in [2.45, 2.75) is 49.8 Å². The van der Waals surface area contributed by atoms with Gasteiger partial charge in [0.1, 0.15) is 0 Å². The maximum Gasteiger partial charge on any atom is 0.257 e. The number of hydrogen-bond acceptors (Lipinski definition) is 4. The number of hydrogen-bond donors (Lipinski definition) is 0. The van der Waals surface area contributed by atoms with E-state index in [9.17, 15) is 9.00 Å². The van der Waals surface area contributed by atoms with Gasteiger partial charge in [0.15, 0.2) is 0 Å². The zero-order chi connectivity index (χ0) is 20.6. The van der Waals surface area contributed by atoms with E-state index >= 15 is 0 Å². The first-order valence-electron chi connectivity index (χ1n) is 10.8. The van der Waals surface area contributed by atoms with Crippen LogP contribution in [0.1, 0.15) is 44.9 Å². The van der Waals surface area contributed by atoms with Gasteiger partial charge in [-0.3, -0.25) is 9.78 Å². The Bertz CT molecular complexity index is 1180. The van der Waals surface area contributed by atoms with Gasteiger partial charge in [-0.05, 0) is 61.9 Å². The second-order valence-electron chi connectivity index (χ2n) is 8.52. The second kappa shape index (κ2) is 7.95. The van der Waals surface area contributed by atoms with E-state index in [1.54, 1.807) is 17.1 Å². The standard InChI is InChI=1S/C23H26N4O2S/c28-23(18-8-9-18)26-30(29,16-17-5-2-1-3-6-17)21-10-11-22-19(13-21)15-27(25-22)20-7-4-12-24-14-20/h4,7,10-15,17-18H,1-3,5-6,8-9,16H2. The van der Waals surface area contributed by atoms with Gasteiger partial charge < -0.3 is 0 Å². The van der Waals surface area contributed by atoms with Crippen LogP contribution in [0.3, 0.4) is 0 Å². The molecule has 2 aliphatic rings. The number of amides is 1. The number of aromatic nitrogens is 3. The van der Waals surface area contributed by atoms with E-state index in [1.165, 1.54) is 19.3 Å². The van der Waals surface area contributed by atoms with Crippen molar-refractivity contribution in [2.75, 3.05) is 5.75 Å². The fourth-order valence-electron chi connectivity index (χ4n) is 4.23. The van der Waals surface area contributed by atoms with Gasteiger partial charge in [-0.15, -0.1) is 0 Å². The van der Waals surface area contributed by atoms with Crippen LogP contribution < -0.4 is 0 Å². The summed E-state index contributed by atoms with van der Waals surface area (Å²) < 4.78 is 20.2. The molecule has 6 nitrogen and oxygen atoms in total. The molecule has 1 aromatic carbocycles. The Morgan fingerprint density at radius 3 is 2.70 bits per heavy atom. The van der Waals surface area contributed by atoms with Gasteiger partial charge in [-0.2, -0.15) is 9.46 Å². The highest BCUT2D eigenvalue weighted by Crippen LogP contribution is 2.33. The van der Waals surface area contributed by atoms with Crippen LogP contribution in [0.15, 0.2) is 58.2 Å². The molecule has 2 heterocycles. The number of pyridine rings is 1. The quantitative estimate of drug-likeness (QED) is 0.594. The Hall–Kier alpha value is -2.54. The van der Waals surface area contributed by atoms with Crippen LogP contribution in [-0.4, -0.2) is 30.6 Å². The molecule has 1 atom stereocenters. The molecule has 156 valence electrons. The summed E-state index contributed by atoms with van der Waals surface area (Å²) in [5, 5.41) is 5.50. The lowest BCUT2D eigenvalue weighted by molar-refractivity contribution is -0.118. The first-order chi connectivity index (χ1) is 14.6. The van der Waals surface area contributed by atoms with Crippen LogP contribution in [0.25, 0.3) is 16.6 Å². The highest BCUT2D eigenvalue weighted by molar-refractivity contribution is 7.94. The SMILES string of the molecule is O=C(N=S(=O)(CC1CCCCC1)c1ccc2nn(-c3cccnc3)cc2c1)C1CC1. The molecule has 7 heteroatoms. The molecular weight excluding hydrogens is 396 g/mol. The molecule has 2 fully saturated rings. The number of carbonyl (C=O) groups excluding carboxylic acids is 1. The smallest absolute Gasteiger partial charge is 0.257 e. The maximum atomic E-state index is 14.1. The summed E-state index contributed by atoms with van der Waals surface area (Å²) in [6, 6.07) is 9.44. The molecule has 2 aromatic heterocycles. The van der Waals surface area contributed by atoms with Crippen molar-refractivity contribution in [3.63, 3.8) is 0 Å². The van der Waals surface area contributed by atoms with Crippen molar-refractivity contribution in [3.8, 4) is 5.69 Å². The van der Waals surface area contributed by atoms with E-state index in [1.807, 2.05) is 36.5 Å². The Morgan fingerprint density at radius 2 is 1.97 bits per heavy atom. The van der Waals surface area contributed by atoms with E-state index < -0.39 is 9.73 Å². The van der Waals surface area contributed by atoms with Crippen LogP contribution in [0, 0.1) is 11.8 Å². The summed E-state index contributed by atoms with van der Waals surface area (Å²) in [5.74, 6) is 0.653. The third-order valence-electron chi connectivity index (χ3n) is 6.10. The zero-order valence-corrected chi connectivity index (χ0v) is 17.8.